The molecule has 0 aliphatic carbocycles. The average molecular weight is 872 g/mol. The summed E-state index contributed by atoms with van der Waals surface area (Å²) < 4.78 is 4.44. The lowest BCUT2D eigenvalue weighted by Gasteiger charge is -2.10. The van der Waals surface area contributed by atoms with Crippen LogP contribution in [0, 0.1) is 0 Å². The van der Waals surface area contributed by atoms with Gasteiger partial charge in [0.1, 0.15) is 11.6 Å². The van der Waals surface area contributed by atoms with Crippen molar-refractivity contribution in [3.8, 4) is 80.0 Å². The van der Waals surface area contributed by atoms with E-state index in [0.29, 0.717) is 0 Å². The number of aromatic nitrogens is 9. The van der Waals surface area contributed by atoms with Crippen LogP contribution in [0.5, 0.6) is 0 Å². The van der Waals surface area contributed by atoms with Gasteiger partial charge in [-0.15, -0.1) is 0 Å². The third kappa shape index (κ3) is 6.76. The third-order valence-electron chi connectivity index (χ3n) is 12.4. The van der Waals surface area contributed by atoms with E-state index < -0.39 is 0 Å². The highest BCUT2D eigenvalue weighted by atomic mass is 15.1. The van der Waals surface area contributed by atoms with E-state index in [-0.39, 0.29) is 0 Å². The fraction of sp³-hybridized carbons (Fsp3) is 0. The lowest BCUT2D eigenvalue weighted by Crippen LogP contribution is -1.99. The number of hydrogen-bond donors (Lipinski definition) is 0. The van der Waals surface area contributed by atoms with Crippen molar-refractivity contribution in [2.24, 2.45) is 0 Å². The minimum atomic E-state index is 0.725. The highest BCUT2D eigenvalue weighted by Crippen LogP contribution is 2.34. The smallest absolute Gasteiger partial charge is 0.138 e. The number of hydrogen-bond acceptors (Lipinski definition) is 7. The quantitative estimate of drug-likeness (QED) is 0.150. The van der Waals surface area contributed by atoms with Crippen molar-refractivity contribution in [1.82, 2.24) is 44.0 Å². The summed E-state index contributed by atoms with van der Waals surface area (Å²) in [5.41, 5.74) is 13.3. The largest absolute Gasteiger partial charge is 0.294 e. The van der Waals surface area contributed by atoms with E-state index in [1.54, 1.807) is 0 Å². The molecule has 0 amide bonds. The molecule has 0 fully saturated rings. The predicted octanol–water partition coefficient (Wildman–Crippen LogP) is 13.6. The Morgan fingerprint density at radius 1 is 0.176 bits per heavy atom. The summed E-state index contributed by atoms with van der Waals surface area (Å²) in [7, 11) is 0. The molecule has 0 radical (unpaired) electrons. The Morgan fingerprint density at radius 3 is 0.603 bits per heavy atom. The van der Waals surface area contributed by atoms with E-state index in [1.807, 2.05) is 127 Å². The van der Waals surface area contributed by atoms with Crippen LogP contribution in [0.4, 0.5) is 0 Å². The van der Waals surface area contributed by atoms with Crippen LogP contribution in [0.25, 0.3) is 124 Å². The maximum absolute atomic E-state index is 5.15. The van der Waals surface area contributed by atoms with Gasteiger partial charge in [0.25, 0.3) is 0 Å². The SMILES string of the molecule is c1cc(-c2cccc(-c3cccc(-c4cccc(-n5c6ccccc6c6ccccc65)n4)n3)n2)nc(-c2cccc(-c3cccc(-c4cccc(-n5c6ccccc6c6ccccc65)n4)n3)n2)c1. The highest BCUT2D eigenvalue weighted by Gasteiger charge is 2.17. The molecular formula is C59H37N9. The van der Waals surface area contributed by atoms with Crippen LogP contribution in [0.3, 0.4) is 0 Å². The molecule has 9 aromatic heterocycles. The van der Waals surface area contributed by atoms with Crippen LogP contribution in [0.1, 0.15) is 0 Å². The van der Waals surface area contributed by atoms with Gasteiger partial charge in [0.15, 0.2) is 0 Å². The monoisotopic (exact) mass is 871 g/mol. The van der Waals surface area contributed by atoms with Crippen molar-refractivity contribution in [2.45, 2.75) is 0 Å². The van der Waals surface area contributed by atoms with Gasteiger partial charge in [-0.1, -0.05) is 115 Å². The van der Waals surface area contributed by atoms with Gasteiger partial charge in [0, 0.05) is 21.5 Å². The Morgan fingerprint density at radius 2 is 0.368 bits per heavy atom. The molecule has 0 unspecified atom stereocenters. The summed E-state index contributed by atoms with van der Waals surface area (Å²) in [5, 5.41) is 4.77. The highest BCUT2D eigenvalue weighted by molar-refractivity contribution is 6.10. The van der Waals surface area contributed by atoms with E-state index in [9.17, 15) is 0 Å². The van der Waals surface area contributed by atoms with Gasteiger partial charge >= 0.3 is 0 Å². The number of para-hydroxylation sites is 4. The molecule has 318 valence electrons. The fourth-order valence-corrected chi connectivity index (χ4v) is 9.32. The number of fused-ring (bicyclic) bond motifs is 6. The second kappa shape index (κ2) is 16.2. The average Bonchev–Trinajstić information content (AvgIpc) is 3.94. The Labute approximate surface area is 390 Å². The summed E-state index contributed by atoms with van der Waals surface area (Å²) in [6.45, 7) is 0. The number of pyridine rings is 7. The van der Waals surface area contributed by atoms with E-state index >= 15 is 0 Å². The molecule has 13 rings (SSSR count). The molecule has 0 spiro atoms. The maximum atomic E-state index is 5.15. The number of benzene rings is 4. The lowest BCUT2D eigenvalue weighted by molar-refractivity contribution is 1.08. The molecule has 9 heteroatoms. The zero-order valence-corrected chi connectivity index (χ0v) is 36.4. The molecule has 68 heavy (non-hydrogen) atoms. The Hall–Kier alpha value is -9.47. The normalized spacial score (nSPS) is 11.5. The standard InChI is InChI=1S/C59H37N9/c1-5-32-54-38(16-1)39-17-2-6-33-55(39)67(54)58-36-14-30-52(65-58)50-28-12-26-48(63-50)46-24-10-22-44(61-46)42-20-9-21-43(60-42)45-23-11-25-47(62-45)49-27-13-29-51(64-49)53-31-15-37-59(66-53)68-56-34-7-3-18-40(56)41-19-4-8-35-57(41)68/h1-37H. The van der Waals surface area contributed by atoms with E-state index in [1.165, 1.54) is 21.5 Å². The van der Waals surface area contributed by atoms with E-state index in [4.69, 9.17) is 34.9 Å². The molecule has 0 N–H and O–H groups in total. The summed E-state index contributed by atoms with van der Waals surface area (Å²) in [4.78, 5) is 35.7. The zero-order valence-electron chi connectivity index (χ0n) is 36.4. The first kappa shape index (κ1) is 38.9. The minimum Gasteiger partial charge on any atom is -0.294 e. The van der Waals surface area contributed by atoms with Crippen molar-refractivity contribution in [1.29, 1.82) is 0 Å². The Balaban J connectivity index is 0.784. The molecule has 4 aromatic carbocycles. The molecular weight excluding hydrogens is 835 g/mol. The molecule has 13 aromatic rings. The molecule has 0 atom stereocenters. The van der Waals surface area contributed by atoms with Gasteiger partial charge in [0.05, 0.1) is 90.4 Å². The van der Waals surface area contributed by atoms with Crippen molar-refractivity contribution in [2.75, 3.05) is 0 Å². The summed E-state index contributed by atoms with van der Waals surface area (Å²) in [6.07, 6.45) is 0. The van der Waals surface area contributed by atoms with Gasteiger partial charge in [0.2, 0.25) is 0 Å². The van der Waals surface area contributed by atoms with Gasteiger partial charge in [-0.2, -0.15) is 0 Å². The van der Waals surface area contributed by atoms with Crippen molar-refractivity contribution < 1.29 is 0 Å². The van der Waals surface area contributed by atoms with Gasteiger partial charge in [-0.25, -0.2) is 34.9 Å². The van der Waals surface area contributed by atoms with Gasteiger partial charge in [-0.05, 0) is 109 Å². The first-order chi connectivity index (χ1) is 33.7. The molecule has 0 aliphatic rings. The van der Waals surface area contributed by atoms with E-state index in [2.05, 4.69) is 106 Å². The van der Waals surface area contributed by atoms with Crippen molar-refractivity contribution >= 4 is 43.6 Å². The summed E-state index contributed by atoms with van der Waals surface area (Å²) in [6, 6.07) is 75.8. The zero-order chi connectivity index (χ0) is 45.0. The van der Waals surface area contributed by atoms with Crippen LogP contribution >= 0.6 is 0 Å². The van der Waals surface area contributed by atoms with E-state index in [0.717, 1.165) is 102 Å². The molecule has 9 heterocycles. The molecule has 0 bridgehead atoms. The first-order valence-corrected chi connectivity index (χ1v) is 22.5. The number of rotatable bonds is 8. The minimum absolute atomic E-state index is 0.725. The molecule has 0 aliphatic heterocycles. The fourth-order valence-electron chi connectivity index (χ4n) is 9.32. The van der Waals surface area contributed by atoms with Crippen molar-refractivity contribution in [3.63, 3.8) is 0 Å². The summed E-state index contributed by atoms with van der Waals surface area (Å²) in [5.74, 6) is 1.66. The van der Waals surface area contributed by atoms with Crippen LogP contribution in [-0.4, -0.2) is 44.0 Å². The molecule has 9 nitrogen and oxygen atoms in total. The molecule has 0 saturated carbocycles. The third-order valence-corrected chi connectivity index (χ3v) is 12.4. The molecule has 0 saturated heterocycles. The topological polar surface area (TPSA) is 100 Å². The van der Waals surface area contributed by atoms with Crippen LogP contribution in [-0.2, 0) is 0 Å². The lowest BCUT2D eigenvalue weighted by atomic mass is 10.1. The summed E-state index contributed by atoms with van der Waals surface area (Å²) >= 11 is 0. The van der Waals surface area contributed by atoms with Gasteiger partial charge < -0.3 is 0 Å². The predicted molar refractivity (Wildman–Crippen MR) is 272 cm³/mol. The van der Waals surface area contributed by atoms with Crippen LogP contribution in [0.2, 0.25) is 0 Å². The first-order valence-electron chi connectivity index (χ1n) is 22.5. The van der Waals surface area contributed by atoms with Crippen molar-refractivity contribution in [3.05, 3.63) is 224 Å². The number of nitrogens with zero attached hydrogens (tertiary/aromatic N) is 9. The van der Waals surface area contributed by atoms with Gasteiger partial charge in [-0.3, -0.25) is 9.13 Å². The maximum Gasteiger partial charge on any atom is 0.138 e. The second-order valence-corrected chi connectivity index (χ2v) is 16.5. The Kier molecular flexibility index (Phi) is 9.28. The van der Waals surface area contributed by atoms with Crippen LogP contribution < -0.4 is 0 Å². The second-order valence-electron chi connectivity index (χ2n) is 16.5. The Bertz CT molecular complexity index is 3710. The van der Waals surface area contributed by atoms with Crippen LogP contribution in [0.15, 0.2) is 224 Å².